The largest absolute Gasteiger partial charge is 0.336 e. The Bertz CT molecular complexity index is 963. The lowest BCUT2D eigenvalue weighted by atomic mass is 9.95. The molecule has 2 aromatic carbocycles. The molecule has 5 heteroatoms. The molecule has 4 rings (SSSR count). The average molecular weight is 360 g/mol. The van der Waals surface area contributed by atoms with Gasteiger partial charge in [0, 0.05) is 25.0 Å². The minimum atomic E-state index is -0.0523. The Balaban J connectivity index is 1.57. The van der Waals surface area contributed by atoms with Crippen molar-refractivity contribution in [3.05, 3.63) is 83.2 Å². The number of carbonyl (C=O) groups is 1. The average Bonchev–Trinajstić information content (AvgIpc) is 3.25. The van der Waals surface area contributed by atoms with Gasteiger partial charge in [-0.25, -0.2) is 4.68 Å². The first-order chi connectivity index (χ1) is 13.0. The lowest BCUT2D eigenvalue weighted by molar-refractivity contribution is 0.0788. The zero-order chi connectivity index (χ0) is 19.0. The normalized spacial score (nSPS) is 19.4. The van der Waals surface area contributed by atoms with Crippen molar-refractivity contribution in [1.82, 2.24) is 14.7 Å². The van der Waals surface area contributed by atoms with Crippen LogP contribution in [0.5, 0.6) is 0 Å². The maximum Gasteiger partial charge on any atom is 0.257 e. The third-order valence-electron chi connectivity index (χ3n) is 5.37. The number of aryl methyl sites for hydroxylation is 1. The van der Waals surface area contributed by atoms with Crippen LogP contribution in [0, 0.1) is 13.8 Å². The Kier molecular flexibility index (Phi) is 4.54. The number of amides is 1. The van der Waals surface area contributed by atoms with Crippen LogP contribution in [0.3, 0.4) is 0 Å². The van der Waals surface area contributed by atoms with Gasteiger partial charge in [0.05, 0.1) is 23.1 Å². The highest BCUT2D eigenvalue weighted by atomic mass is 16.2. The van der Waals surface area contributed by atoms with Crippen molar-refractivity contribution in [3.63, 3.8) is 0 Å². The molecule has 1 aliphatic heterocycles. The third kappa shape index (κ3) is 3.26. The van der Waals surface area contributed by atoms with Crippen molar-refractivity contribution in [3.8, 4) is 5.69 Å². The van der Waals surface area contributed by atoms with Crippen LogP contribution in [0.25, 0.3) is 5.69 Å². The number of nitrogens with zero attached hydrogens (tertiary/aromatic N) is 3. The number of benzene rings is 2. The van der Waals surface area contributed by atoms with Crippen LogP contribution in [-0.4, -0.2) is 39.7 Å². The minimum Gasteiger partial charge on any atom is -0.336 e. The molecule has 2 N–H and O–H groups in total. The molecule has 27 heavy (non-hydrogen) atoms. The SMILES string of the molecule is Cc1cccc(-n2ncc(C(=O)N3C[C@@H](N)[C@H](c4ccccc4)C3)c2C)c1. The summed E-state index contributed by atoms with van der Waals surface area (Å²) < 4.78 is 1.82. The lowest BCUT2D eigenvalue weighted by Crippen LogP contribution is -2.32. The van der Waals surface area contributed by atoms with E-state index in [0.717, 1.165) is 16.9 Å². The van der Waals surface area contributed by atoms with E-state index >= 15 is 0 Å². The van der Waals surface area contributed by atoms with E-state index in [1.54, 1.807) is 6.20 Å². The van der Waals surface area contributed by atoms with Gasteiger partial charge in [-0.1, -0.05) is 42.5 Å². The summed E-state index contributed by atoms with van der Waals surface area (Å²) in [5.41, 5.74) is 11.2. The summed E-state index contributed by atoms with van der Waals surface area (Å²) in [5, 5.41) is 4.45. The molecule has 2 atom stereocenters. The zero-order valence-electron chi connectivity index (χ0n) is 15.7. The van der Waals surface area contributed by atoms with Gasteiger partial charge in [-0.3, -0.25) is 4.79 Å². The van der Waals surface area contributed by atoms with Crippen LogP contribution in [0.4, 0.5) is 0 Å². The Hall–Kier alpha value is -2.92. The van der Waals surface area contributed by atoms with Crippen molar-refractivity contribution in [2.45, 2.75) is 25.8 Å². The minimum absolute atomic E-state index is 0.000263. The maximum atomic E-state index is 13.1. The molecular formula is C22H24N4O. The molecule has 0 radical (unpaired) electrons. The Morgan fingerprint density at radius 1 is 1.07 bits per heavy atom. The van der Waals surface area contributed by atoms with Gasteiger partial charge in [0.15, 0.2) is 0 Å². The molecule has 0 aliphatic carbocycles. The number of carbonyl (C=O) groups excluding carboxylic acids is 1. The summed E-state index contributed by atoms with van der Waals surface area (Å²) in [7, 11) is 0. The van der Waals surface area contributed by atoms with Crippen LogP contribution in [0.1, 0.15) is 33.1 Å². The molecule has 1 aromatic heterocycles. The summed E-state index contributed by atoms with van der Waals surface area (Å²) in [5.74, 6) is 0.169. The van der Waals surface area contributed by atoms with Crippen LogP contribution < -0.4 is 5.73 Å². The molecule has 138 valence electrons. The highest BCUT2D eigenvalue weighted by Gasteiger charge is 2.35. The molecule has 5 nitrogen and oxygen atoms in total. The number of likely N-dealkylation sites (tertiary alicyclic amines) is 1. The smallest absolute Gasteiger partial charge is 0.257 e. The Morgan fingerprint density at radius 2 is 1.85 bits per heavy atom. The van der Waals surface area contributed by atoms with Crippen LogP contribution in [-0.2, 0) is 0 Å². The van der Waals surface area contributed by atoms with Gasteiger partial charge in [-0.15, -0.1) is 0 Å². The molecule has 2 heterocycles. The van der Waals surface area contributed by atoms with Crippen molar-refractivity contribution < 1.29 is 4.79 Å². The maximum absolute atomic E-state index is 13.1. The summed E-state index contributed by atoms with van der Waals surface area (Å²) in [6.07, 6.45) is 1.67. The highest BCUT2D eigenvalue weighted by molar-refractivity contribution is 5.95. The lowest BCUT2D eigenvalue weighted by Gasteiger charge is -2.16. The van der Waals surface area contributed by atoms with E-state index in [1.165, 1.54) is 5.56 Å². The molecule has 0 spiro atoms. The molecule has 0 unspecified atom stereocenters. The third-order valence-corrected chi connectivity index (χ3v) is 5.37. The fraction of sp³-hybridized carbons (Fsp3) is 0.273. The summed E-state index contributed by atoms with van der Waals surface area (Å²) in [6.45, 7) is 5.18. The second kappa shape index (κ2) is 7.00. The molecular weight excluding hydrogens is 336 g/mol. The second-order valence-electron chi connectivity index (χ2n) is 7.29. The molecule has 0 bridgehead atoms. The second-order valence-corrected chi connectivity index (χ2v) is 7.29. The van der Waals surface area contributed by atoms with E-state index in [4.69, 9.17) is 5.73 Å². The molecule has 1 aliphatic rings. The topological polar surface area (TPSA) is 64.2 Å². The number of hydrogen-bond donors (Lipinski definition) is 1. The van der Waals surface area contributed by atoms with Gasteiger partial charge in [0.25, 0.3) is 5.91 Å². The number of hydrogen-bond acceptors (Lipinski definition) is 3. The number of nitrogens with two attached hydrogens (primary N) is 1. The number of aromatic nitrogens is 2. The van der Waals surface area contributed by atoms with Crippen LogP contribution in [0.2, 0.25) is 0 Å². The Morgan fingerprint density at radius 3 is 2.59 bits per heavy atom. The first-order valence-corrected chi connectivity index (χ1v) is 9.26. The quantitative estimate of drug-likeness (QED) is 0.781. The van der Waals surface area contributed by atoms with E-state index in [-0.39, 0.29) is 17.9 Å². The van der Waals surface area contributed by atoms with Gasteiger partial charge in [0.1, 0.15) is 0 Å². The van der Waals surface area contributed by atoms with Crippen molar-refractivity contribution >= 4 is 5.91 Å². The standard InChI is InChI=1S/C22H24N4O/c1-15-7-6-10-18(11-15)26-16(2)19(12-24-26)22(27)25-13-20(21(23)14-25)17-8-4-3-5-9-17/h3-12,20-21H,13-14,23H2,1-2H3/t20-,21+/m0/s1. The number of rotatable bonds is 3. The highest BCUT2D eigenvalue weighted by Crippen LogP contribution is 2.28. The monoisotopic (exact) mass is 360 g/mol. The fourth-order valence-electron chi connectivity index (χ4n) is 3.86. The van der Waals surface area contributed by atoms with E-state index in [1.807, 2.05) is 59.8 Å². The van der Waals surface area contributed by atoms with E-state index < -0.39 is 0 Å². The molecule has 1 amide bonds. The van der Waals surface area contributed by atoms with Gasteiger partial charge in [-0.2, -0.15) is 5.10 Å². The molecule has 3 aromatic rings. The predicted molar refractivity (Wildman–Crippen MR) is 106 cm³/mol. The zero-order valence-corrected chi connectivity index (χ0v) is 15.7. The first kappa shape index (κ1) is 17.5. The van der Waals surface area contributed by atoms with Gasteiger partial charge >= 0.3 is 0 Å². The summed E-state index contributed by atoms with van der Waals surface area (Å²) in [4.78, 5) is 15.0. The van der Waals surface area contributed by atoms with E-state index in [9.17, 15) is 4.79 Å². The van der Waals surface area contributed by atoms with Gasteiger partial charge in [0.2, 0.25) is 0 Å². The molecule has 0 saturated carbocycles. The van der Waals surface area contributed by atoms with Gasteiger partial charge in [-0.05, 0) is 37.1 Å². The predicted octanol–water partition coefficient (Wildman–Crippen LogP) is 3.06. The Labute approximate surface area is 159 Å². The summed E-state index contributed by atoms with van der Waals surface area (Å²) in [6, 6.07) is 18.2. The summed E-state index contributed by atoms with van der Waals surface area (Å²) >= 11 is 0. The van der Waals surface area contributed by atoms with Crippen LogP contribution in [0.15, 0.2) is 60.8 Å². The van der Waals surface area contributed by atoms with E-state index in [2.05, 4.69) is 23.3 Å². The molecule has 1 saturated heterocycles. The van der Waals surface area contributed by atoms with Crippen molar-refractivity contribution in [1.29, 1.82) is 0 Å². The molecule has 1 fully saturated rings. The van der Waals surface area contributed by atoms with E-state index in [0.29, 0.717) is 18.7 Å². The van der Waals surface area contributed by atoms with Crippen LogP contribution >= 0.6 is 0 Å². The van der Waals surface area contributed by atoms with Crippen molar-refractivity contribution in [2.24, 2.45) is 5.73 Å². The van der Waals surface area contributed by atoms with Gasteiger partial charge < -0.3 is 10.6 Å². The fourth-order valence-corrected chi connectivity index (χ4v) is 3.86. The first-order valence-electron chi connectivity index (χ1n) is 9.26. The van der Waals surface area contributed by atoms with Crippen molar-refractivity contribution in [2.75, 3.05) is 13.1 Å².